The molecular formula is C31H44N4O9S. The third-order valence-corrected chi connectivity index (χ3v) is 8.39. The fourth-order valence-electron chi connectivity index (χ4n) is 5.21. The lowest BCUT2D eigenvalue weighted by Gasteiger charge is -2.35. The van der Waals surface area contributed by atoms with E-state index < -0.39 is 28.1 Å². The number of benzene rings is 2. The highest BCUT2D eigenvalue weighted by molar-refractivity contribution is 7.92. The summed E-state index contributed by atoms with van der Waals surface area (Å²) < 4.78 is 49.5. The second kappa shape index (κ2) is 15.0. The first-order valence-corrected chi connectivity index (χ1v) is 17.0. The van der Waals surface area contributed by atoms with Crippen LogP contribution in [0.1, 0.15) is 50.4 Å². The molecule has 2 aromatic carbocycles. The van der Waals surface area contributed by atoms with Crippen molar-refractivity contribution in [3.05, 3.63) is 42.0 Å². The van der Waals surface area contributed by atoms with E-state index in [2.05, 4.69) is 10.0 Å². The summed E-state index contributed by atoms with van der Waals surface area (Å²) in [6, 6.07) is 8.87. The molecule has 2 aliphatic heterocycles. The first-order chi connectivity index (χ1) is 21.3. The van der Waals surface area contributed by atoms with Crippen molar-refractivity contribution in [1.29, 1.82) is 0 Å². The van der Waals surface area contributed by atoms with Crippen LogP contribution in [-0.4, -0.2) is 99.9 Å². The van der Waals surface area contributed by atoms with Crippen molar-refractivity contribution in [2.75, 3.05) is 56.4 Å². The van der Waals surface area contributed by atoms with Crippen LogP contribution in [-0.2, 0) is 14.8 Å². The van der Waals surface area contributed by atoms with Crippen LogP contribution in [0.3, 0.4) is 0 Å². The lowest BCUT2D eigenvalue weighted by Crippen LogP contribution is -2.48. The number of carbonyl (C=O) groups is 2. The summed E-state index contributed by atoms with van der Waals surface area (Å²) in [5.41, 5.74) is 0.963. The van der Waals surface area contributed by atoms with Crippen molar-refractivity contribution in [1.82, 2.24) is 9.80 Å². The number of amides is 3. The number of nitrogens with zero attached hydrogens (tertiary/aromatic N) is 2. The zero-order chi connectivity index (χ0) is 32.7. The number of urea groups is 1. The minimum atomic E-state index is -3.59. The number of ether oxygens (including phenoxy) is 4. The van der Waals surface area contributed by atoms with Gasteiger partial charge in [-0.1, -0.05) is 6.92 Å². The van der Waals surface area contributed by atoms with Gasteiger partial charge in [-0.05, 0) is 63.4 Å². The molecule has 0 spiro atoms. The Labute approximate surface area is 264 Å². The molecule has 0 saturated heterocycles. The number of anilines is 2. The number of nitrogens with one attached hydrogen (secondary N) is 2. The Morgan fingerprint density at radius 3 is 2.53 bits per heavy atom. The van der Waals surface area contributed by atoms with E-state index in [1.165, 1.54) is 15.9 Å². The SMILES string of the molecule is C[C@@H]1CCCCO[C@H](CN(C)C(=O)Nc2ccc3c(c2)OCO3)[C@H](C)CN([C@H](C)CO)C(=O)c2cc(NS(C)(=O)=O)ccc2O1. The van der Waals surface area contributed by atoms with Gasteiger partial charge in [0.15, 0.2) is 11.5 Å². The number of hydrogen-bond acceptors (Lipinski definition) is 9. The molecule has 248 valence electrons. The van der Waals surface area contributed by atoms with Gasteiger partial charge in [0.1, 0.15) is 5.75 Å². The van der Waals surface area contributed by atoms with Crippen molar-refractivity contribution >= 4 is 33.3 Å². The van der Waals surface area contributed by atoms with Crippen molar-refractivity contribution in [2.24, 2.45) is 5.92 Å². The maximum absolute atomic E-state index is 14.1. The largest absolute Gasteiger partial charge is 0.490 e. The maximum atomic E-state index is 14.1. The molecule has 14 heteroatoms. The molecule has 0 fully saturated rings. The average molecular weight is 649 g/mol. The van der Waals surface area contributed by atoms with E-state index in [-0.39, 0.29) is 55.8 Å². The van der Waals surface area contributed by atoms with Gasteiger partial charge in [0.05, 0.1) is 36.7 Å². The molecule has 0 saturated carbocycles. The van der Waals surface area contributed by atoms with Crippen molar-refractivity contribution in [3.8, 4) is 17.2 Å². The van der Waals surface area contributed by atoms with Crippen molar-refractivity contribution < 1.29 is 42.1 Å². The number of aliphatic hydroxyl groups excluding tert-OH is 1. The molecule has 45 heavy (non-hydrogen) atoms. The highest BCUT2D eigenvalue weighted by atomic mass is 32.2. The number of aliphatic hydroxyl groups is 1. The summed E-state index contributed by atoms with van der Waals surface area (Å²) in [4.78, 5) is 30.3. The Balaban J connectivity index is 1.57. The third-order valence-electron chi connectivity index (χ3n) is 7.78. The maximum Gasteiger partial charge on any atom is 0.321 e. The van der Waals surface area contributed by atoms with Gasteiger partial charge in [-0.3, -0.25) is 9.52 Å². The van der Waals surface area contributed by atoms with Crippen LogP contribution in [0.2, 0.25) is 0 Å². The molecule has 2 heterocycles. The molecular weight excluding hydrogens is 604 g/mol. The predicted octanol–water partition coefficient (Wildman–Crippen LogP) is 3.75. The normalized spacial score (nSPS) is 21.6. The molecule has 0 bridgehead atoms. The van der Waals surface area contributed by atoms with E-state index in [1.807, 2.05) is 13.8 Å². The minimum Gasteiger partial charge on any atom is -0.490 e. The van der Waals surface area contributed by atoms with Crippen LogP contribution >= 0.6 is 0 Å². The molecule has 0 aliphatic carbocycles. The van der Waals surface area contributed by atoms with Gasteiger partial charge in [-0.15, -0.1) is 0 Å². The van der Waals surface area contributed by atoms with Gasteiger partial charge in [-0.25, -0.2) is 13.2 Å². The Morgan fingerprint density at radius 1 is 1.09 bits per heavy atom. The van der Waals surface area contributed by atoms with Crippen molar-refractivity contribution in [2.45, 2.75) is 58.3 Å². The van der Waals surface area contributed by atoms with Gasteiger partial charge in [0, 0.05) is 50.1 Å². The molecule has 2 aliphatic rings. The van der Waals surface area contributed by atoms with Crippen LogP contribution in [0.4, 0.5) is 16.2 Å². The molecule has 2 aromatic rings. The molecule has 4 rings (SSSR count). The minimum absolute atomic E-state index is 0.133. The second-order valence-corrected chi connectivity index (χ2v) is 13.5. The van der Waals surface area contributed by atoms with Gasteiger partial charge >= 0.3 is 6.03 Å². The van der Waals surface area contributed by atoms with Gasteiger partial charge < -0.3 is 39.2 Å². The van der Waals surface area contributed by atoms with Gasteiger partial charge in [0.2, 0.25) is 16.8 Å². The van der Waals surface area contributed by atoms with Gasteiger partial charge in [0.25, 0.3) is 5.91 Å². The Bertz CT molecular complexity index is 1450. The topological polar surface area (TPSA) is 156 Å². The number of likely N-dealkylation sites (N-methyl/N-ethyl adjacent to an activating group) is 1. The third kappa shape index (κ3) is 9.38. The highest BCUT2D eigenvalue weighted by Gasteiger charge is 2.31. The number of sulfonamides is 1. The summed E-state index contributed by atoms with van der Waals surface area (Å²) in [6.07, 6.45) is 2.66. The number of rotatable bonds is 7. The van der Waals surface area contributed by atoms with Crippen LogP contribution in [0.25, 0.3) is 0 Å². The monoisotopic (exact) mass is 648 g/mol. The first kappa shape index (κ1) is 34.1. The summed E-state index contributed by atoms with van der Waals surface area (Å²) >= 11 is 0. The molecule has 3 N–H and O–H groups in total. The van der Waals surface area contributed by atoms with Crippen LogP contribution in [0.15, 0.2) is 36.4 Å². The first-order valence-electron chi connectivity index (χ1n) is 15.1. The van der Waals surface area contributed by atoms with Crippen LogP contribution in [0, 0.1) is 5.92 Å². The molecule has 4 atom stereocenters. The summed E-state index contributed by atoms with van der Waals surface area (Å²) in [6.45, 7) is 6.31. The smallest absolute Gasteiger partial charge is 0.321 e. The van der Waals surface area contributed by atoms with E-state index >= 15 is 0 Å². The zero-order valence-corrected chi connectivity index (χ0v) is 27.3. The fourth-order valence-corrected chi connectivity index (χ4v) is 5.76. The predicted molar refractivity (Wildman–Crippen MR) is 170 cm³/mol. The molecule has 13 nitrogen and oxygen atoms in total. The molecule has 0 unspecified atom stereocenters. The summed E-state index contributed by atoms with van der Waals surface area (Å²) in [5.74, 6) is 0.826. The quantitative estimate of drug-likeness (QED) is 0.407. The lowest BCUT2D eigenvalue weighted by atomic mass is 10.0. The average Bonchev–Trinajstić information content (AvgIpc) is 3.45. The van der Waals surface area contributed by atoms with Gasteiger partial charge in [-0.2, -0.15) is 0 Å². The summed E-state index contributed by atoms with van der Waals surface area (Å²) in [5, 5.41) is 13.0. The molecule has 3 amide bonds. The standard InChI is InChI=1S/C31H44N4O9S/c1-20-16-35(21(2)18-36)30(37)25-14-24(33-45(5,39)40)10-11-26(25)44-22(3)8-6-7-13-41-29(20)17-34(4)31(38)32-23-9-12-27-28(15-23)43-19-42-27/h9-12,14-15,20-22,29,33,36H,6-8,13,16-19H2,1-5H3,(H,32,38)/t20-,21-,22-,29-/m1/s1. The molecule has 0 aromatic heterocycles. The Kier molecular flexibility index (Phi) is 11.4. The Morgan fingerprint density at radius 2 is 1.80 bits per heavy atom. The zero-order valence-electron chi connectivity index (χ0n) is 26.4. The van der Waals surface area contributed by atoms with E-state index in [1.54, 1.807) is 44.3 Å². The van der Waals surface area contributed by atoms with E-state index in [4.69, 9.17) is 18.9 Å². The number of hydrogen-bond donors (Lipinski definition) is 3. The summed E-state index contributed by atoms with van der Waals surface area (Å²) in [7, 11) is -1.92. The highest BCUT2D eigenvalue weighted by Crippen LogP contribution is 2.34. The van der Waals surface area contributed by atoms with Crippen molar-refractivity contribution in [3.63, 3.8) is 0 Å². The van der Waals surface area contributed by atoms with E-state index in [0.29, 0.717) is 36.0 Å². The lowest BCUT2D eigenvalue weighted by molar-refractivity contribution is -0.0115. The molecule has 0 radical (unpaired) electrons. The Hall–Kier alpha value is -3.75. The van der Waals surface area contributed by atoms with E-state index in [0.717, 1.165) is 19.1 Å². The number of carbonyl (C=O) groups excluding carboxylic acids is 2. The fraction of sp³-hybridized carbons (Fsp3) is 0.548. The van der Waals surface area contributed by atoms with E-state index in [9.17, 15) is 23.1 Å². The van der Waals surface area contributed by atoms with Crippen LogP contribution in [0.5, 0.6) is 17.2 Å². The second-order valence-electron chi connectivity index (χ2n) is 11.8. The number of fused-ring (bicyclic) bond motifs is 2. The van der Waals surface area contributed by atoms with Crippen LogP contribution < -0.4 is 24.2 Å².